The summed E-state index contributed by atoms with van der Waals surface area (Å²) in [7, 11) is 1.70. The standard InChI is InChI=1S/C12H19N3O3/c1-7-9(12(18)10(17)6-13-3)4-5-11(14-7)15-8(2)16/h4-5,10,12-13,17-18H,6H2,1-3H3,(H,14,15,16). The normalized spacial score (nSPS) is 14.1. The SMILES string of the molecule is CNCC(O)C(O)c1ccc(NC(C)=O)nc1C. The van der Waals surface area contributed by atoms with Crippen LogP contribution in [0.1, 0.15) is 24.3 Å². The van der Waals surface area contributed by atoms with E-state index in [9.17, 15) is 15.0 Å². The average Bonchev–Trinajstić information content (AvgIpc) is 2.28. The van der Waals surface area contributed by atoms with Gasteiger partial charge in [0.15, 0.2) is 0 Å². The van der Waals surface area contributed by atoms with E-state index in [4.69, 9.17) is 0 Å². The van der Waals surface area contributed by atoms with Crippen LogP contribution in [0.2, 0.25) is 0 Å². The van der Waals surface area contributed by atoms with Crippen LogP contribution in [0.15, 0.2) is 12.1 Å². The number of likely N-dealkylation sites (N-methyl/N-ethyl adjacent to an activating group) is 1. The van der Waals surface area contributed by atoms with Gasteiger partial charge in [-0.05, 0) is 20.0 Å². The van der Waals surface area contributed by atoms with Gasteiger partial charge in [-0.1, -0.05) is 6.07 Å². The highest BCUT2D eigenvalue weighted by Crippen LogP contribution is 2.21. The summed E-state index contributed by atoms with van der Waals surface area (Å²) in [6.45, 7) is 3.40. The summed E-state index contributed by atoms with van der Waals surface area (Å²) < 4.78 is 0. The molecule has 0 aromatic carbocycles. The fraction of sp³-hybridized carbons (Fsp3) is 0.500. The maximum atomic E-state index is 10.9. The molecule has 1 amide bonds. The number of aliphatic hydroxyl groups excluding tert-OH is 2. The summed E-state index contributed by atoms with van der Waals surface area (Å²) in [6, 6.07) is 3.25. The summed E-state index contributed by atoms with van der Waals surface area (Å²) in [6.07, 6.45) is -1.90. The van der Waals surface area contributed by atoms with Crippen LogP contribution in [0, 0.1) is 6.92 Å². The average molecular weight is 253 g/mol. The van der Waals surface area contributed by atoms with Crippen molar-refractivity contribution in [2.24, 2.45) is 0 Å². The zero-order chi connectivity index (χ0) is 13.7. The number of rotatable bonds is 5. The van der Waals surface area contributed by atoms with Crippen molar-refractivity contribution in [2.45, 2.75) is 26.1 Å². The molecule has 1 rings (SSSR count). The van der Waals surface area contributed by atoms with E-state index in [-0.39, 0.29) is 12.5 Å². The van der Waals surface area contributed by atoms with Crippen molar-refractivity contribution in [1.29, 1.82) is 0 Å². The van der Waals surface area contributed by atoms with Crippen molar-refractivity contribution in [3.05, 3.63) is 23.4 Å². The molecule has 0 saturated carbocycles. The van der Waals surface area contributed by atoms with Gasteiger partial charge >= 0.3 is 0 Å². The van der Waals surface area contributed by atoms with Crippen LogP contribution in [-0.4, -0.2) is 40.8 Å². The molecule has 0 radical (unpaired) electrons. The molecule has 18 heavy (non-hydrogen) atoms. The first kappa shape index (κ1) is 14.6. The lowest BCUT2D eigenvalue weighted by Gasteiger charge is -2.19. The van der Waals surface area contributed by atoms with E-state index < -0.39 is 12.2 Å². The Morgan fingerprint density at radius 1 is 1.44 bits per heavy atom. The maximum absolute atomic E-state index is 10.9. The Morgan fingerprint density at radius 2 is 2.11 bits per heavy atom. The number of anilines is 1. The Bertz CT molecular complexity index is 423. The van der Waals surface area contributed by atoms with Gasteiger partial charge in [-0.25, -0.2) is 4.98 Å². The fourth-order valence-corrected chi connectivity index (χ4v) is 1.66. The molecule has 0 aliphatic heterocycles. The fourth-order valence-electron chi connectivity index (χ4n) is 1.66. The van der Waals surface area contributed by atoms with E-state index in [1.165, 1.54) is 6.92 Å². The number of aryl methyl sites for hydroxylation is 1. The van der Waals surface area contributed by atoms with Gasteiger partial charge in [0.1, 0.15) is 11.9 Å². The van der Waals surface area contributed by atoms with Crippen molar-refractivity contribution < 1.29 is 15.0 Å². The number of aromatic nitrogens is 1. The minimum Gasteiger partial charge on any atom is -0.389 e. The van der Waals surface area contributed by atoms with Crippen molar-refractivity contribution in [2.75, 3.05) is 18.9 Å². The second kappa shape index (κ2) is 6.44. The predicted octanol–water partition coefficient (Wildman–Crippen LogP) is -0.0379. The molecule has 0 bridgehead atoms. The van der Waals surface area contributed by atoms with Crippen LogP contribution in [-0.2, 0) is 4.79 Å². The zero-order valence-electron chi connectivity index (χ0n) is 10.8. The summed E-state index contributed by atoms with van der Waals surface area (Å²) >= 11 is 0. The third-order valence-electron chi connectivity index (χ3n) is 2.53. The Labute approximate surface area is 106 Å². The van der Waals surface area contributed by atoms with E-state index in [2.05, 4.69) is 15.6 Å². The molecule has 1 heterocycles. The van der Waals surface area contributed by atoms with Gasteiger partial charge < -0.3 is 20.8 Å². The van der Waals surface area contributed by atoms with Crippen LogP contribution < -0.4 is 10.6 Å². The molecular formula is C12H19N3O3. The van der Waals surface area contributed by atoms with E-state index in [1.807, 2.05) is 0 Å². The number of nitrogens with one attached hydrogen (secondary N) is 2. The minimum absolute atomic E-state index is 0.203. The van der Waals surface area contributed by atoms with Crippen molar-refractivity contribution in [3.8, 4) is 0 Å². The molecule has 2 unspecified atom stereocenters. The molecule has 0 fully saturated rings. The zero-order valence-corrected chi connectivity index (χ0v) is 10.8. The first-order chi connectivity index (χ1) is 8.45. The Kier molecular flexibility index (Phi) is 5.21. The molecule has 2 atom stereocenters. The summed E-state index contributed by atoms with van der Waals surface area (Å²) in [5.74, 6) is 0.226. The third-order valence-corrected chi connectivity index (χ3v) is 2.53. The van der Waals surface area contributed by atoms with Crippen molar-refractivity contribution in [3.63, 3.8) is 0 Å². The van der Waals surface area contributed by atoms with Crippen LogP contribution in [0.5, 0.6) is 0 Å². The second-order valence-electron chi connectivity index (χ2n) is 4.12. The molecule has 1 aromatic rings. The topological polar surface area (TPSA) is 94.5 Å². The smallest absolute Gasteiger partial charge is 0.222 e. The quantitative estimate of drug-likeness (QED) is 0.591. The monoisotopic (exact) mass is 253 g/mol. The molecule has 0 saturated heterocycles. The molecular weight excluding hydrogens is 234 g/mol. The van der Waals surface area contributed by atoms with E-state index >= 15 is 0 Å². The van der Waals surface area contributed by atoms with Gasteiger partial charge in [-0.15, -0.1) is 0 Å². The molecule has 100 valence electrons. The third kappa shape index (κ3) is 3.76. The molecule has 1 aromatic heterocycles. The number of hydrogen-bond acceptors (Lipinski definition) is 5. The Hall–Kier alpha value is -1.50. The highest BCUT2D eigenvalue weighted by atomic mass is 16.3. The minimum atomic E-state index is -1.00. The van der Waals surface area contributed by atoms with Gasteiger partial charge in [0.2, 0.25) is 5.91 Å². The van der Waals surface area contributed by atoms with E-state index in [0.717, 1.165) is 0 Å². The lowest BCUT2D eigenvalue weighted by atomic mass is 10.0. The lowest BCUT2D eigenvalue weighted by Crippen LogP contribution is -2.30. The maximum Gasteiger partial charge on any atom is 0.222 e. The number of pyridine rings is 1. The van der Waals surface area contributed by atoms with Gasteiger partial charge in [0, 0.05) is 24.7 Å². The molecule has 4 N–H and O–H groups in total. The molecule has 0 aliphatic carbocycles. The second-order valence-corrected chi connectivity index (χ2v) is 4.12. The summed E-state index contributed by atoms with van der Waals surface area (Å²) in [4.78, 5) is 15.0. The van der Waals surface area contributed by atoms with Crippen molar-refractivity contribution in [1.82, 2.24) is 10.3 Å². The Morgan fingerprint density at radius 3 is 2.61 bits per heavy atom. The number of aliphatic hydroxyl groups is 2. The number of hydrogen-bond donors (Lipinski definition) is 4. The van der Waals surface area contributed by atoms with Gasteiger partial charge in [0.25, 0.3) is 0 Å². The summed E-state index contributed by atoms with van der Waals surface area (Å²) in [5.41, 5.74) is 1.12. The lowest BCUT2D eigenvalue weighted by molar-refractivity contribution is -0.114. The van der Waals surface area contributed by atoms with Crippen LogP contribution in [0.3, 0.4) is 0 Å². The number of carbonyl (C=O) groups excluding carboxylic acids is 1. The number of amides is 1. The van der Waals surface area contributed by atoms with Crippen LogP contribution >= 0.6 is 0 Å². The first-order valence-electron chi connectivity index (χ1n) is 5.71. The number of carbonyl (C=O) groups is 1. The highest BCUT2D eigenvalue weighted by molar-refractivity contribution is 5.87. The first-order valence-corrected chi connectivity index (χ1v) is 5.71. The molecule has 6 heteroatoms. The number of nitrogens with zero attached hydrogens (tertiary/aromatic N) is 1. The van der Waals surface area contributed by atoms with Crippen LogP contribution in [0.4, 0.5) is 5.82 Å². The predicted molar refractivity (Wildman–Crippen MR) is 68.2 cm³/mol. The molecule has 6 nitrogen and oxygen atoms in total. The highest BCUT2D eigenvalue weighted by Gasteiger charge is 2.20. The van der Waals surface area contributed by atoms with E-state index in [1.54, 1.807) is 26.1 Å². The molecule has 0 aliphatic rings. The molecule has 0 spiro atoms. The van der Waals surface area contributed by atoms with Gasteiger partial charge in [-0.3, -0.25) is 4.79 Å². The van der Waals surface area contributed by atoms with Crippen LogP contribution in [0.25, 0.3) is 0 Å². The Balaban J connectivity index is 2.87. The summed E-state index contributed by atoms with van der Waals surface area (Å²) in [5, 5.41) is 25.0. The van der Waals surface area contributed by atoms with E-state index in [0.29, 0.717) is 17.1 Å². The van der Waals surface area contributed by atoms with Crippen molar-refractivity contribution >= 4 is 11.7 Å². The van der Waals surface area contributed by atoms with Gasteiger partial charge in [-0.2, -0.15) is 0 Å². The largest absolute Gasteiger partial charge is 0.389 e. The van der Waals surface area contributed by atoms with Gasteiger partial charge in [0.05, 0.1) is 6.10 Å².